The van der Waals surface area contributed by atoms with Gasteiger partial charge < -0.3 is 43.2 Å². The largest absolute Gasteiger partial charge is 0.756 e. The maximum Gasteiger partial charge on any atom is 0.306 e. The van der Waals surface area contributed by atoms with Crippen molar-refractivity contribution >= 4 is 19.8 Å². The number of hydrogen-bond acceptors (Lipinski definition) is 11. The van der Waals surface area contributed by atoms with Crippen LogP contribution in [0, 0.1) is 0 Å². The topological polar surface area (TPSA) is 172 Å². The Hall–Kier alpha value is -3.45. The molecule has 0 aromatic rings. The van der Waals surface area contributed by atoms with Gasteiger partial charge in [-0.15, -0.1) is 0 Å². The second-order valence-corrected chi connectivity index (χ2v) is 17.7. The molecule has 12 nitrogen and oxygen atoms in total. The van der Waals surface area contributed by atoms with Gasteiger partial charge in [-0.25, -0.2) is 0 Å². The van der Waals surface area contributed by atoms with E-state index in [9.17, 15) is 34.4 Å². The van der Waals surface area contributed by atoms with E-state index in [1.54, 1.807) is 42.5 Å². The molecule has 13 heteroatoms. The Kier molecular flexibility index (Phi) is 37.9. The fourth-order valence-corrected chi connectivity index (χ4v) is 6.10. The van der Waals surface area contributed by atoms with E-state index in [4.69, 9.17) is 18.5 Å². The Morgan fingerprint density at radius 2 is 1.16 bits per heavy atom. The van der Waals surface area contributed by atoms with Crippen LogP contribution in [-0.4, -0.2) is 104 Å². The number of phosphoric ester groups is 1. The van der Waals surface area contributed by atoms with Gasteiger partial charge in [-0.1, -0.05) is 155 Å². The van der Waals surface area contributed by atoms with E-state index >= 15 is 0 Å². The minimum atomic E-state index is -4.74. The number of phosphoric acid groups is 1. The molecule has 0 saturated heterocycles. The van der Waals surface area contributed by atoms with Crippen molar-refractivity contribution in [3.05, 3.63) is 109 Å². The molecule has 0 bridgehead atoms. The highest BCUT2D eigenvalue weighted by Gasteiger charge is 2.22. The number of quaternary nitrogens is 1. The lowest BCUT2D eigenvalue weighted by molar-refractivity contribution is -0.870. The molecule has 0 fully saturated rings. The summed E-state index contributed by atoms with van der Waals surface area (Å²) in [4.78, 5) is 37.6. The molecular weight excluding hydrogens is 822 g/mol. The molecule has 3 N–H and O–H groups in total. The molecule has 0 spiro atoms. The molecule has 0 rings (SSSR count). The third-order valence-electron chi connectivity index (χ3n) is 9.15. The number of unbranched alkanes of at least 4 members (excludes halogenated alkanes) is 5. The van der Waals surface area contributed by atoms with Crippen molar-refractivity contribution in [2.75, 3.05) is 47.5 Å². The SMILES string of the molecule is CCCCC/C=C\C/C=C\C/C=C\C/C=C\C/C=C\CCC(=O)O[C@H](COC(=O)CCC[C@@H](O)[C@H](O)/C=C/C=C/C=C\C=C\[C@H](O)CCCCC)COP(=O)([O-])OCC[N+](C)(C)C. The van der Waals surface area contributed by atoms with E-state index in [0.717, 1.165) is 51.4 Å². The van der Waals surface area contributed by atoms with Gasteiger partial charge in [0.25, 0.3) is 7.82 Å². The standard InChI is InChI=1S/C50H82NO11P/c1-6-8-10-11-12-13-14-15-16-17-18-19-20-21-22-23-24-29-33-39-50(56)62-46(44-61-63(57,58)60-42-41-51(3,4)5)43-59-49(55)40-34-38-48(54)47(53)37-32-28-26-25-27-31-36-45(52)35-30-9-7-2/h12-13,15-16,18-19,21-22,24-29,31-32,36-37,45-48,52-54H,6-11,14,17,20,23,30,33-35,38-44H2,1-5H3/b13-12-,16-15-,19-18-,22-21-,27-25-,28-26+,29-24-,36-31+,37-32+/t45-,46-,47-,48-/m1/s1. The molecule has 0 saturated carbocycles. The summed E-state index contributed by atoms with van der Waals surface area (Å²) >= 11 is 0. The predicted octanol–water partition coefficient (Wildman–Crippen LogP) is 9.41. The smallest absolute Gasteiger partial charge is 0.306 e. The Morgan fingerprint density at radius 3 is 1.75 bits per heavy atom. The van der Waals surface area contributed by atoms with Gasteiger partial charge in [-0.05, 0) is 64.2 Å². The highest BCUT2D eigenvalue weighted by Crippen LogP contribution is 2.38. The van der Waals surface area contributed by atoms with Crippen LogP contribution in [0.4, 0.5) is 0 Å². The van der Waals surface area contributed by atoms with Crippen LogP contribution >= 0.6 is 7.82 Å². The fourth-order valence-electron chi connectivity index (χ4n) is 5.37. The van der Waals surface area contributed by atoms with Crippen LogP contribution in [0.1, 0.15) is 123 Å². The van der Waals surface area contributed by atoms with Crippen LogP contribution in [0.3, 0.4) is 0 Å². The van der Waals surface area contributed by atoms with Crippen LogP contribution in [0.15, 0.2) is 109 Å². The van der Waals surface area contributed by atoms with Crippen molar-refractivity contribution in [1.29, 1.82) is 0 Å². The lowest BCUT2D eigenvalue weighted by Gasteiger charge is -2.28. The molecule has 0 radical (unpaired) electrons. The number of ether oxygens (including phenoxy) is 2. The maximum absolute atomic E-state index is 12.7. The summed E-state index contributed by atoms with van der Waals surface area (Å²) in [6.45, 7) is 3.58. The summed E-state index contributed by atoms with van der Waals surface area (Å²) in [6, 6.07) is 0. The second kappa shape index (κ2) is 40.1. The van der Waals surface area contributed by atoms with Gasteiger partial charge in [0, 0.05) is 12.8 Å². The number of esters is 2. The summed E-state index contributed by atoms with van der Waals surface area (Å²) in [5.41, 5.74) is 0. The quantitative estimate of drug-likeness (QED) is 0.0134. The van der Waals surface area contributed by atoms with Gasteiger partial charge in [0.2, 0.25) is 0 Å². The van der Waals surface area contributed by atoms with Crippen LogP contribution < -0.4 is 4.89 Å². The van der Waals surface area contributed by atoms with Gasteiger partial charge in [0.05, 0.1) is 46.1 Å². The van der Waals surface area contributed by atoms with E-state index in [-0.39, 0.29) is 32.3 Å². The lowest BCUT2D eigenvalue weighted by Crippen LogP contribution is -2.37. The molecule has 0 aliphatic heterocycles. The molecule has 5 atom stereocenters. The Labute approximate surface area is 380 Å². The molecule has 63 heavy (non-hydrogen) atoms. The highest BCUT2D eigenvalue weighted by atomic mass is 31.2. The summed E-state index contributed by atoms with van der Waals surface area (Å²) in [6.07, 6.45) is 43.6. The first-order valence-corrected chi connectivity index (χ1v) is 24.4. The van der Waals surface area contributed by atoms with E-state index in [0.29, 0.717) is 23.9 Å². The number of carbonyl (C=O) groups excluding carboxylic acids is 2. The van der Waals surface area contributed by atoms with E-state index in [2.05, 4.69) is 56.4 Å². The van der Waals surface area contributed by atoms with Gasteiger partial charge in [0.1, 0.15) is 19.8 Å². The number of likely N-dealkylation sites (N-methyl/N-ethyl adjacent to an activating group) is 1. The van der Waals surface area contributed by atoms with Gasteiger partial charge in [0.15, 0.2) is 6.10 Å². The number of aliphatic hydroxyl groups excluding tert-OH is 3. The zero-order valence-corrected chi connectivity index (χ0v) is 39.9. The number of carbonyl (C=O) groups is 2. The number of allylic oxidation sites excluding steroid dienone is 16. The van der Waals surface area contributed by atoms with Crippen molar-refractivity contribution in [1.82, 2.24) is 0 Å². The van der Waals surface area contributed by atoms with E-state index in [1.165, 1.54) is 25.3 Å². The molecule has 0 aliphatic carbocycles. The van der Waals surface area contributed by atoms with Crippen molar-refractivity contribution in [3.63, 3.8) is 0 Å². The zero-order chi connectivity index (χ0) is 46.9. The number of rotatable bonds is 39. The normalized spacial score (nSPS) is 16.0. The Morgan fingerprint density at radius 1 is 0.619 bits per heavy atom. The van der Waals surface area contributed by atoms with Gasteiger partial charge in [-0.3, -0.25) is 14.2 Å². The molecule has 358 valence electrons. The minimum Gasteiger partial charge on any atom is -0.756 e. The summed E-state index contributed by atoms with van der Waals surface area (Å²) in [5, 5.41) is 30.5. The lowest BCUT2D eigenvalue weighted by atomic mass is 10.1. The van der Waals surface area contributed by atoms with Crippen LogP contribution in [-0.2, 0) is 32.7 Å². The second-order valence-electron chi connectivity index (χ2n) is 16.3. The number of aliphatic hydroxyl groups is 3. The first kappa shape index (κ1) is 59.5. The number of nitrogens with zero attached hydrogens (tertiary/aromatic N) is 1. The van der Waals surface area contributed by atoms with Crippen LogP contribution in [0.5, 0.6) is 0 Å². The average Bonchev–Trinajstić information content (AvgIpc) is 3.23. The third kappa shape index (κ3) is 42.3. The first-order chi connectivity index (χ1) is 30.2. The molecule has 0 heterocycles. The third-order valence-corrected chi connectivity index (χ3v) is 10.1. The van der Waals surface area contributed by atoms with E-state index in [1.807, 2.05) is 39.4 Å². The summed E-state index contributed by atoms with van der Waals surface area (Å²) in [5.74, 6) is -1.27. The maximum atomic E-state index is 12.7. The average molecular weight is 904 g/mol. The van der Waals surface area contributed by atoms with Gasteiger partial charge in [-0.2, -0.15) is 0 Å². The fraction of sp³-hybridized carbons (Fsp3) is 0.600. The Balaban J connectivity index is 4.80. The van der Waals surface area contributed by atoms with Crippen LogP contribution in [0.2, 0.25) is 0 Å². The monoisotopic (exact) mass is 904 g/mol. The molecule has 0 aromatic carbocycles. The highest BCUT2D eigenvalue weighted by molar-refractivity contribution is 7.45. The molecule has 0 aromatic heterocycles. The van der Waals surface area contributed by atoms with Crippen molar-refractivity contribution in [3.8, 4) is 0 Å². The molecule has 1 unspecified atom stereocenters. The molecular formula is C50H82NO11P. The van der Waals surface area contributed by atoms with Crippen molar-refractivity contribution in [2.45, 2.75) is 147 Å². The first-order valence-electron chi connectivity index (χ1n) is 22.9. The number of hydrogen-bond donors (Lipinski definition) is 3. The zero-order valence-electron chi connectivity index (χ0n) is 39.1. The van der Waals surface area contributed by atoms with Gasteiger partial charge >= 0.3 is 11.9 Å². The Bertz CT molecular complexity index is 1490. The van der Waals surface area contributed by atoms with Crippen LogP contribution in [0.25, 0.3) is 0 Å². The predicted molar refractivity (Wildman–Crippen MR) is 253 cm³/mol. The van der Waals surface area contributed by atoms with Crippen molar-refractivity contribution in [2.24, 2.45) is 0 Å². The minimum absolute atomic E-state index is 0.0212. The summed E-state index contributed by atoms with van der Waals surface area (Å²) in [7, 11) is 0.911. The summed E-state index contributed by atoms with van der Waals surface area (Å²) < 4.78 is 33.5. The van der Waals surface area contributed by atoms with Crippen molar-refractivity contribution < 1.29 is 57.4 Å². The van der Waals surface area contributed by atoms with E-state index < -0.39 is 57.4 Å². The molecule has 0 amide bonds. The molecule has 0 aliphatic rings.